The van der Waals surface area contributed by atoms with Crippen molar-refractivity contribution in [1.29, 1.82) is 0 Å². The first kappa shape index (κ1) is 21.1. The normalized spacial score (nSPS) is 14.8. The molecule has 1 N–H and O–H groups in total. The number of carbonyl (C=O) groups excluding carboxylic acids is 3. The van der Waals surface area contributed by atoms with E-state index in [-0.39, 0.29) is 23.6 Å². The van der Waals surface area contributed by atoms with Gasteiger partial charge in [-0.2, -0.15) is 0 Å². The van der Waals surface area contributed by atoms with Crippen LogP contribution in [-0.4, -0.2) is 36.5 Å². The zero-order valence-corrected chi connectivity index (χ0v) is 16.2. The monoisotopic (exact) mass is 421 g/mol. The highest BCUT2D eigenvalue weighted by Gasteiger charge is 2.37. The lowest BCUT2D eigenvalue weighted by Gasteiger charge is -2.26. The highest BCUT2D eigenvalue weighted by Crippen LogP contribution is 2.30. The molecule has 0 aromatic heterocycles. The van der Waals surface area contributed by atoms with Gasteiger partial charge < -0.3 is 9.47 Å². The van der Waals surface area contributed by atoms with Gasteiger partial charge in [-0.25, -0.2) is 9.69 Å². The maximum Gasteiger partial charge on any atom is 0.335 e. The highest BCUT2D eigenvalue weighted by atomic mass is 16.6. The number of imide groups is 2. The van der Waals surface area contributed by atoms with E-state index in [0.717, 1.165) is 6.07 Å². The predicted octanol–water partition coefficient (Wildman–Crippen LogP) is 2.28. The van der Waals surface area contributed by atoms with Gasteiger partial charge in [-0.3, -0.25) is 25.0 Å². The smallest absolute Gasteiger partial charge is 0.335 e. The highest BCUT2D eigenvalue weighted by molar-refractivity contribution is 6.39. The standard InChI is InChI=1S/C21H15N3O7/c1-3-9-31-17-8-7-13(11-18(17)30-2)10-16-19(25)22-21(27)23(20(16)26)14-5-4-6-15(12-14)24(28)29/h1,4-8,10-12H,9H2,2H3,(H,22,25,27)/b16-10+. The second-order valence-corrected chi connectivity index (χ2v) is 6.14. The number of benzene rings is 2. The number of amides is 4. The molecule has 1 fully saturated rings. The number of anilines is 1. The van der Waals surface area contributed by atoms with E-state index in [4.69, 9.17) is 15.9 Å². The topological polar surface area (TPSA) is 128 Å². The number of hydrogen-bond acceptors (Lipinski definition) is 7. The zero-order chi connectivity index (χ0) is 22.5. The average molecular weight is 421 g/mol. The first-order chi connectivity index (χ1) is 14.8. The molecule has 0 radical (unpaired) electrons. The number of nitrogens with zero attached hydrogens (tertiary/aromatic N) is 2. The lowest BCUT2D eigenvalue weighted by atomic mass is 10.1. The van der Waals surface area contributed by atoms with Crippen molar-refractivity contribution in [3.8, 4) is 23.8 Å². The third-order valence-electron chi connectivity index (χ3n) is 4.21. The summed E-state index contributed by atoms with van der Waals surface area (Å²) < 4.78 is 10.6. The molecule has 0 saturated carbocycles. The second-order valence-electron chi connectivity index (χ2n) is 6.14. The van der Waals surface area contributed by atoms with Crippen LogP contribution in [0.1, 0.15) is 5.56 Å². The van der Waals surface area contributed by atoms with Crippen LogP contribution in [-0.2, 0) is 9.59 Å². The summed E-state index contributed by atoms with van der Waals surface area (Å²) in [4.78, 5) is 48.5. The molecule has 0 unspecified atom stereocenters. The van der Waals surface area contributed by atoms with Gasteiger partial charge in [0, 0.05) is 12.1 Å². The number of rotatable bonds is 6. The third-order valence-corrected chi connectivity index (χ3v) is 4.21. The average Bonchev–Trinajstić information content (AvgIpc) is 2.75. The molecule has 2 aromatic carbocycles. The van der Waals surface area contributed by atoms with Crippen LogP contribution < -0.4 is 19.7 Å². The third kappa shape index (κ3) is 4.35. The molecule has 0 atom stereocenters. The number of terminal acetylenes is 1. The second kappa shape index (κ2) is 8.79. The quantitative estimate of drug-likeness (QED) is 0.249. The van der Waals surface area contributed by atoms with Crippen LogP contribution in [0.3, 0.4) is 0 Å². The van der Waals surface area contributed by atoms with Gasteiger partial charge in [-0.15, -0.1) is 6.42 Å². The number of ether oxygens (including phenoxy) is 2. The number of non-ortho nitro benzene ring substituents is 1. The summed E-state index contributed by atoms with van der Waals surface area (Å²) in [7, 11) is 1.41. The van der Waals surface area contributed by atoms with Crippen molar-refractivity contribution in [3.63, 3.8) is 0 Å². The first-order valence-corrected chi connectivity index (χ1v) is 8.76. The van der Waals surface area contributed by atoms with Crippen LogP contribution in [0.5, 0.6) is 11.5 Å². The molecule has 10 nitrogen and oxygen atoms in total. The molecule has 3 rings (SSSR count). The fraction of sp³-hybridized carbons (Fsp3) is 0.0952. The van der Waals surface area contributed by atoms with E-state index >= 15 is 0 Å². The lowest BCUT2D eigenvalue weighted by Crippen LogP contribution is -2.54. The number of nitro benzene ring substituents is 1. The van der Waals surface area contributed by atoms with E-state index in [0.29, 0.717) is 22.0 Å². The summed E-state index contributed by atoms with van der Waals surface area (Å²) >= 11 is 0. The van der Waals surface area contributed by atoms with Crippen molar-refractivity contribution in [3.05, 3.63) is 63.7 Å². The van der Waals surface area contributed by atoms with Crippen molar-refractivity contribution in [2.75, 3.05) is 18.6 Å². The molecule has 4 amide bonds. The van der Waals surface area contributed by atoms with E-state index < -0.39 is 22.8 Å². The number of barbiturate groups is 1. The van der Waals surface area contributed by atoms with Crippen molar-refractivity contribution < 1.29 is 28.8 Å². The van der Waals surface area contributed by atoms with Crippen molar-refractivity contribution in [2.24, 2.45) is 0 Å². The van der Waals surface area contributed by atoms with Crippen LogP contribution in [0.4, 0.5) is 16.2 Å². The molecule has 31 heavy (non-hydrogen) atoms. The van der Waals surface area contributed by atoms with E-state index in [9.17, 15) is 24.5 Å². The van der Waals surface area contributed by atoms with E-state index in [1.807, 2.05) is 0 Å². The summed E-state index contributed by atoms with van der Waals surface area (Å²) in [5.41, 5.74) is -0.291. The Kier molecular flexibility index (Phi) is 5.97. The van der Waals surface area contributed by atoms with Gasteiger partial charge in [0.1, 0.15) is 12.2 Å². The Labute approximate surface area is 176 Å². The SMILES string of the molecule is C#CCOc1ccc(/C=C2\C(=O)NC(=O)N(c3cccc([N+](=O)[O-])c3)C2=O)cc1OC. The summed E-state index contributed by atoms with van der Waals surface area (Å²) in [6, 6.07) is 8.58. The van der Waals surface area contributed by atoms with E-state index in [1.54, 1.807) is 12.1 Å². The van der Waals surface area contributed by atoms with Crippen molar-refractivity contribution in [2.45, 2.75) is 0 Å². The Morgan fingerprint density at radius 1 is 1.19 bits per heavy atom. The molecule has 1 aliphatic rings. The molecule has 156 valence electrons. The van der Waals surface area contributed by atoms with Gasteiger partial charge in [0.05, 0.1) is 17.7 Å². The van der Waals surface area contributed by atoms with Crippen LogP contribution in [0.2, 0.25) is 0 Å². The Morgan fingerprint density at radius 2 is 1.97 bits per heavy atom. The Hall–Kier alpha value is -4.65. The molecule has 10 heteroatoms. The van der Waals surface area contributed by atoms with Crippen LogP contribution >= 0.6 is 0 Å². The zero-order valence-electron chi connectivity index (χ0n) is 16.2. The van der Waals surface area contributed by atoms with Crippen molar-refractivity contribution >= 4 is 35.3 Å². The molecule has 2 aromatic rings. The maximum absolute atomic E-state index is 12.9. The fourth-order valence-electron chi connectivity index (χ4n) is 2.82. The van der Waals surface area contributed by atoms with Gasteiger partial charge in [-0.05, 0) is 29.8 Å². The number of nitrogens with one attached hydrogen (secondary N) is 1. The van der Waals surface area contributed by atoms with Crippen molar-refractivity contribution in [1.82, 2.24) is 5.32 Å². The molecule has 0 bridgehead atoms. The molecule has 0 spiro atoms. The number of nitro groups is 1. The summed E-state index contributed by atoms with van der Waals surface area (Å²) in [5.74, 6) is 1.19. The Bertz CT molecular complexity index is 1160. The molecular weight excluding hydrogens is 406 g/mol. The fourth-order valence-corrected chi connectivity index (χ4v) is 2.82. The molecule has 1 heterocycles. The summed E-state index contributed by atoms with van der Waals surface area (Å²) in [6.07, 6.45) is 6.44. The van der Waals surface area contributed by atoms with Crippen LogP contribution in [0.25, 0.3) is 6.08 Å². The van der Waals surface area contributed by atoms with Gasteiger partial charge in [0.25, 0.3) is 17.5 Å². The van der Waals surface area contributed by atoms with Crippen LogP contribution in [0, 0.1) is 22.5 Å². The first-order valence-electron chi connectivity index (χ1n) is 8.76. The number of urea groups is 1. The number of methoxy groups -OCH3 is 1. The molecular formula is C21H15N3O7. The predicted molar refractivity (Wildman–Crippen MR) is 109 cm³/mol. The van der Waals surface area contributed by atoms with E-state index in [1.165, 1.54) is 37.5 Å². The largest absolute Gasteiger partial charge is 0.493 e. The minimum atomic E-state index is -1.01. The number of hydrogen-bond donors (Lipinski definition) is 1. The molecule has 0 aliphatic carbocycles. The Balaban J connectivity index is 1.98. The maximum atomic E-state index is 12.9. The van der Waals surface area contributed by atoms with Gasteiger partial charge in [0.15, 0.2) is 11.5 Å². The van der Waals surface area contributed by atoms with Gasteiger partial charge in [0.2, 0.25) is 0 Å². The molecule has 1 aliphatic heterocycles. The van der Waals surface area contributed by atoms with Crippen LogP contribution in [0.15, 0.2) is 48.0 Å². The lowest BCUT2D eigenvalue weighted by molar-refractivity contribution is -0.384. The Morgan fingerprint density at radius 3 is 2.65 bits per heavy atom. The van der Waals surface area contributed by atoms with Gasteiger partial charge >= 0.3 is 6.03 Å². The minimum absolute atomic E-state index is 0.0258. The van der Waals surface area contributed by atoms with Gasteiger partial charge in [-0.1, -0.05) is 18.1 Å². The number of carbonyl (C=O) groups is 3. The van der Waals surface area contributed by atoms with E-state index in [2.05, 4.69) is 11.2 Å². The minimum Gasteiger partial charge on any atom is -0.493 e. The molecule has 1 saturated heterocycles. The summed E-state index contributed by atoms with van der Waals surface area (Å²) in [6.45, 7) is 0.0258. The summed E-state index contributed by atoms with van der Waals surface area (Å²) in [5, 5.41) is 13.1.